The Morgan fingerprint density at radius 1 is 1.39 bits per heavy atom. The molecule has 0 aliphatic heterocycles. The van der Waals surface area contributed by atoms with Crippen molar-refractivity contribution in [3.8, 4) is 11.5 Å². The normalized spacial score (nSPS) is 12.2. The second-order valence-electron chi connectivity index (χ2n) is 3.78. The van der Waals surface area contributed by atoms with E-state index in [9.17, 15) is 9.50 Å². The molecule has 0 unspecified atom stereocenters. The lowest BCUT2D eigenvalue weighted by atomic mass is 10.1. The first-order valence-electron chi connectivity index (χ1n) is 5.33. The highest BCUT2D eigenvalue weighted by molar-refractivity contribution is 6.30. The van der Waals surface area contributed by atoms with E-state index in [4.69, 9.17) is 16.3 Å². The van der Waals surface area contributed by atoms with E-state index in [0.717, 1.165) is 0 Å². The molecule has 0 amide bonds. The van der Waals surface area contributed by atoms with Gasteiger partial charge in [-0.15, -0.1) is 0 Å². The highest BCUT2D eigenvalue weighted by atomic mass is 35.5. The first-order valence-corrected chi connectivity index (χ1v) is 5.70. The van der Waals surface area contributed by atoms with Crippen molar-refractivity contribution in [3.63, 3.8) is 0 Å². The SMILES string of the molecule is C[C@H](O)c1cccc(F)c1Oc1cncc(Cl)c1. The zero-order valence-electron chi connectivity index (χ0n) is 9.60. The van der Waals surface area contributed by atoms with Gasteiger partial charge in [0.25, 0.3) is 0 Å². The van der Waals surface area contributed by atoms with Crippen LogP contribution in [0.15, 0.2) is 36.7 Å². The van der Waals surface area contributed by atoms with Crippen LogP contribution in [0.1, 0.15) is 18.6 Å². The maximum atomic E-state index is 13.7. The number of para-hydroxylation sites is 1. The van der Waals surface area contributed by atoms with E-state index in [1.165, 1.54) is 37.5 Å². The molecule has 1 heterocycles. The molecule has 2 rings (SSSR count). The van der Waals surface area contributed by atoms with E-state index in [2.05, 4.69) is 4.98 Å². The lowest BCUT2D eigenvalue weighted by Gasteiger charge is -2.13. The number of ether oxygens (including phenoxy) is 1. The molecule has 0 spiro atoms. The number of rotatable bonds is 3. The van der Waals surface area contributed by atoms with Crippen LogP contribution in [0.25, 0.3) is 0 Å². The van der Waals surface area contributed by atoms with E-state index in [-0.39, 0.29) is 5.75 Å². The Morgan fingerprint density at radius 3 is 2.83 bits per heavy atom. The van der Waals surface area contributed by atoms with E-state index in [1.807, 2.05) is 0 Å². The zero-order valence-corrected chi connectivity index (χ0v) is 10.4. The van der Waals surface area contributed by atoms with E-state index in [1.54, 1.807) is 6.07 Å². The number of benzene rings is 1. The Balaban J connectivity index is 2.39. The Morgan fingerprint density at radius 2 is 2.17 bits per heavy atom. The van der Waals surface area contributed by atoms with Crippen LogP contribution in [-0.2, 0) is 0 Å². The summed E-state index contributed by atoms with van der Waals surface area (Å²) in [4.78, 5) is 3.84. The van der Waals surface area contributed by atoms with Gasteiger partial charge < -0.3 is 9.84 Å². The van der Waals surface area contributed by atoms with Gasteiger partial charge in [0.05, 0.1) is 17.3 Å². The first-order chi connectivity index (χ1) is 8.58. The molecule has 2 aromatic rings. The molecule has 0 radical (unpaired) electrons. The van der Waals surface area contributed by atoms with Gasteiger partial charge in [0.2, 0.25) is 0 Å². The molecule has 5 heteroatoms. The van der Waals surface area contributed by atoms with Gasteiger partial charge in [-0.1, -0.05) is 23.7 Å². The molecule has 3 nitrogen and oxygen atoms in total. The van der Waals surface area contributed by atoms with Gasteiger partial charge in [-0.2, -0.15) is 0 Å². The molecular formula is C13H11ClFNO2. The molecule has 18 heavy (non-hydrogen) atoms. The molecule has 0 saturated carbocycles. The Hall–Kier alpha value is -1.65. The first kappa shape index (κ1) is 12.8. The van der Waals surface area contributed by atoms with E-state index in [0.29, 0.717) is 16.3 Å². The van der Waals surface area contributed by atoms with Crippen molar-refractivity contribution in [2.45, 2.75) is 13.0 Å². The van der Waals surface area contributed by atoms with Crippen molar-refractivity contribution in [3.05, 3.63) is 53.1 Å². The average molecular weight is 268 g/mol. The molecule has 1 atom stereocenters. The van der Waals surface area contributed by atoms with Crippen LogP contribution < -0.4 is 4.74 Å². The van der Waals surface area contributed by atoms with Crippen LogP contribution in [0, 0.1) is 5.82 Å². The number of aliphatic hydroxyl groups excluding tert-OH is 1. The number of nitrogens with zero attached hydrogens (tertiary/aromatic N) is 1. The molecule has 0 aliphatic carbocycles. The van der Waals surface area contributed by atoms with Crippen molar-refractivity contribution in [1.82, 2.24) is 4.98 Å². The van der Waals surface area contributed by atoms with Crippen molar-refractivity contribution < 1.29 is 14.2 Å². The molecule has 0 aliphatic rings. The van der Waals surface area contributed by atoms with Crippen molar-refractivity contribution in [2.24, 2.45) is 0 Å². The number of aliphatic hydroxyl groups is 1. The number of halogens is 2. The van der Waals surface area contributed by atoms with E-state index >= 15 is 0 Å². The summed E-state index contributed by atoms with van der Waals surface area (Å²) in [7, 11) is 0. The molecule has 1 aromatic carbocycles. The summed E-state index contributed by atoms with van der Waals surface area (Å²) in [6.07, 6.45) is 2.04. The predicted octanol–water partition coefficient (Wildman–Crippen LogP) is 3.72. The van der Waals surface area contributed by atoms with Gasteiger partial charge >= 0.3 is 0 Å². The van der Waals surface area contributed by atoms with Crippen LogP contribution in [-0.4, -0.2) is 10.1 Å². The molecule has 0 saturated heterocycles. The fourth-order valence-electron chi connectivity index (χ4n) is 1.53. The predicted molar refractivity (Wildman–Crippen MR) is 66.4 cm³/mol. The van der Waals surface area contributed by atoms with Crippen LogP contribution in [0.3, 0.4) is 0 Å². The average Bonchev–Trinajstić information content (AvgIpc) is 2.31. The second-order valence-corrected chi connectivity index (χ2v) is 4.21. The van der Waals surface area contributed by atoms with Crippen LogP contribution in [0.4, 0.5) is 4.39 Å². The van der Waals surface area contributed by atoms with Crippen molar-refractivity contribution >= 4 is 11.6 Å². The lowest BCUT2D eigenvalue weighted by Crippen LogP contribution is -1.98. The standard InChI is InChI=1S/C13H11ClFNO2/c1-8(17)11-3-2-4-12(15)13(11)18-10-5-9(14)6-16-7-10/h2-8,17H,1H3/t8-/m0/s1. The molecule has 94 valence electrons. The number of aromatic nitrogens is 1. The number of hydrogen-bond acceptors (Lipinski definition) is 3. The molecule has 0 bridgehead atoms. The third-order valence-electron chi connectivity index (χ3n) is 2.35. The van der Waals surface area contributed by atoms with E-state index < -0.39 is 11.9 Å². The maximum absolute atomic E-state index is 13.7. The topological polar surface area (TPSA) is 42.4 Å². The number of pyridine rings is 1. The Labute approximate surface area is 109 Å². The molecule has 0 fully saturated rings. The molecule has 1 N–H and O–H groups in total. The number of hydrogen-bond donors (Lipinski definition) is 1. The minimum atomic E-state index is -0.831. The summed E-state index contributed by atoms with van der Waals surface area (Å²) < 4.78 is 19.1. The lowest BCUT2D eigenvalue weighted by molar-refractivity contribution is 0.194. The highest BCUT2D eigenvalue weighted by Gasteiger charge is 2.14. The third-order valence-corrected chi connectivity index (χ3v) is 2.55. The second kappa shape index (κ2) is 5.33. The smallest absolute Gasteiger partial charge is 0.168 e. The molecule has 1 aromatic heterocycles. The van der Waals surface area contributed by atoms with Crippen LogP contribution >= 0.6 is 11.6 Å². The highest BCUT2D eigenvalue weighted by Crippen LogP contribution is 2.32. The summed E-state index contributed by atoms with van der Waals surface area (Å²) >= 11 is 5.77. The third kappa shape index (κ3) is 2.78. The summed E-state index contributed by atoms with van der Waals surface area (Å²) in [6, 6.07) is 5.90. The fourth-order valence-corrected chi connectivity index (χ4v) is 1.69. The summed E-state index contributed by atoms with van der Waals surface area (Å²) in [5.41, 5.74) is 0.370. The van der Waals surface area contributed by atoms with Crippen molar-refractivity contribution in [1.29, 1.82) is 0 Å². The van der Waals surface area contributed by atoms with Gasteiger partial charge in [-0.25, -0.2) is 4.39 Å². The molecular weight excluding hydrogens is 257 g/mol. The van der Waals surface area contributed by atoms with Gasteiger partial charge in [0.15, 0.2) is 11.6 Å². The Bertz CT molecular complexity index is 560. The largest absolute Gasteiger partial charge is 0.452 e. The Kier molecular flexibility index (Phi) is 3.79. The monoisotopic (exact) mass is 267 g/mol. The van der Waals surface area contributed by atoms with Crippen LogP contribution in [0.5, 0.6) is 11.5 Å². The maximum Gasteiger partial charge on any atom is 0.168 e. The summed E-state index contributed by atoms with van der Waals surface area (Å²) in [5, 5.41) is 9.96. The minimum absolute atomic E-state index is 0.0171. The van der Waals surface area contributed by atoms with Gasteiger partial charge in [-0.05, 0) is 13.0 Å². The van der Waals surface area contributed by atoms with Crippen LogP contribution in [0.2, 0.25) is 5.02 Å². The van der Waals surface area contributed by atoms with Crippen molar-refractivity contribution in [2.75, 3.05) is 0 Å². The minimum Gasteiger partial charge on any atom is -0.452 e. The van der Waals surface area contributed by atoms with Gasteiger partial charge in [0.1, 0.15) is 5.75 Å². The summed E-state index contributed by atoms with van der Waals surface area (Å²) in [6.45, 7) is 1.54. The summed E-state index contributed by atoms with van der Waals surface area (Å²) in [5.74, 6) is -0.251. The fraction of sp³-hybridized carbons (Fsp3) is 0.154. The quantitative estimate of drug-likeness (QED) is 0.922. The van der Waals surface area contributed by atoms with Gasteiger partial charge in [-0.3, -0.25) is 4.98 Å². The zero-order chi connectivity index (χ0) is 13.1. The van der Waals surface area contributed by atoms with Gasteiger partial charge in [0, 0.05) is 17.8 Å².